The zero-order chi connectivity index (χ0) is 12.9. The van der Waals surface area contributed by atoms with Crippen molar-refractivity contribution in [3.05, 3.63) is 65.7 Å². The van der Waals surface area contributed by atoms with Crippen LogP contribution >= 0.6 is 0 Å². The van der Waals surface area contributed by atoms with Gasteiger partial charge < -0.3 is 9.47 Å². The van der Waals surface area contributed by atoms with Crippen molar-refractivity contribution in [1.29, 1.82) is 0 Å². The van der Waals surface area contributed by atoms with E-state index in [9.17, 15) is 0 Å². The molecule has 1 fully saturated rings. The van der Waals surface area contributed by atoms with Gasteiger partial charge in [0.2, 0.25) is 0 Å². The Kier molecular flexibility index (Phi) is 3.80. The molecule has 0 amide bonds. The average Bonchev–Trinajstić information content (AvgIpc) is 2.95. The number of hydrogen-bond acceptors (Lipinski definition) is 2. The summed E-state index contributed by atoms with van der Waals surface area (Å²) in [5.74, 6) is 0.937. The molecule has 98 valence electrons. The van der Waals surface area contributed by atoms with Crippen molar-refractivity contribution in [2.45, 2.75) is 18.9 Å². The van der Waals surface area contributed by atoms with Crippen molar-refractivity contribution < 1.29 is 9.47 Å². The summed E-state index contributed by atoms with van der Waals surface area (Å²) in [6.07, 6.45) is 2.18. The van der Waals surface area contributed by atoms with Crippen LogP contribution in [-0.2, 0) is 11.2 Å². The molecule has 0 aromatic heterocycles. The number of ether oxygens (including phenoxy) is 2. The molecule has 3 rings (SSSR count). The fourth-order valence-electron chi connectivity index (χ4n) is 2.32. The Morgan fingerprint density at radius 3 is 2.37 bits per heavy atom. The lowest BCUT2D eigenvalue weighted by atomic mass is 10.1. The van der Waals surface area contributed by atoms with E-state index in [1.54, 1.807) is 0 Å². The molecule has 19 heavy (non-hydrogen) atoms. The Morgan fingerprint density at radius 1 is 0.947 bits per heavy atom. The van der Waals surface area contributed by atoms with Crippen molar-refractivity contribution in [3.63, 3.8) is 0 Å². The molecular formula is C17H18O2. The molecule has 0 aliphatic carbocycles. The molecule has 1 heterocycles. The maximum atomic E-state index is 5.86. The lowest BCUT2D eigenvalue weighted by molar-refractivity contribution is 0.141. The smallest absolute Gasteiger partial charge is 0.124 e. The Morgan fingerprint density at radius 2 is 1.68 bits per heavy atom. The van der Waals surface area contributed by atoms with Gasteiger partial charge in [0.25, 0.3) is 0 Å². The SMILES string of the molecule is c1ccc(Cc2ccc(O[C@@H]3CCOC3)cc2)cc1. The van der Waals surface area contributed by atoms with Crippen LogP contribution in [0.5, 0.6) is 5.75 Å². The second-order valence-corrected chi connectivity index (χ2v) is 4.91. The molecule has 0 spiro atoms. The lowest BCUT2D eigenvalue weighted by Crippen LogP contribution is -2.15. The normalized spacial score (nSPS) is 18.4. The number of rotatable bonds is 4. The summed E-state index contributed by atoms with van der Waals surface area (Å²) in [6.45, 7) is 1.53. The van der Waals surface area contributed by atoms with E-state index in [1.807, 2.05) is 6.07 Å². The Bertz CT molecular complexity index is 499. The monoisotopic (exact) mass is 254 g/mol. The van der Waals surface area contributed by atoms with Crippen LogP contribution in [-0.4, -0.2) is 19.3 Å². The molecule has 1 saturated heterocycles. The molecule has 2 nitrogen and oxygen atoms in total. The molecule has 0 radical (unpaired) electrons. The van der Waals surface area contributed by atoms with Gasteiger partial charge in [-0.2, -0.15) is 0 Å². The van der Waals surface area contributed by atoms with Crippen LogP contribution in [0, 0.1) is 0 Å². The first-order valence-corrected chi connectivity index (χ1v) is 6.77. The molecule has 1 aliphatic rings. The summed E-state index contributed by atoms with van der Waals surface area (Å²) in [5, 5.41) is 0. The van der Waals surface area contributed by atoms with Crippen LogP contribution < -0.4 is 4.74 Å². The van der Waals surface area contributed by atoms with Gasteiger partial charge in [0, 0.05) is 6.42 Å². The zero-order valence-corrected chi connectivity index (χ0v) is 10.9. The molecule has 0 unspecified atom stereocenters. The minimum absolute atomic E-state index is 0.222. The molecule has 0 saturated carbocycles. The van der Waals surface area contributed by atoms with Crippen LogP contribution in [0.25, 0.3) is 0 Å². The third-order valence-corrected chi connectivity index (χ3v) is 3.37. The maximum Gasteiger partial charge on any atom is 0.124 e. The minimum Gasteiger partial charge on any atom is -0.488 e. The first-order chi connectivity index (χ1) is 9.40. The summed E-state index contributed by atoms with van der Waals surface area (Å²) in [4.78, 5) is 0. The maximum absolute atomic E-state index is 5.86. The van der Waals surface area contributed by atoms with Gasteiger partial charge in [0.1, 0.15) is 11.9 Å². The van der Waals surface area contributed by atoms with Gasteiger partial charge in [-0.15, -0.1) is 0 Å². The van der Waals surface area contributed by atoms with Gasteiger partial charge in [0.15, 0.2) is 0 Å². The lowest BCUT2D eigenvalue weighted by Gasteiger charge is -2.12. The third-order valence-electron chi connectivity index (χ3n) is 3.37. The van der Waals surface area contributed by atoms with E-state index in [0.717, 1.165) is 25.2 Å². The van der Waals surface area contributed by atoms with Crippen molar-refractivity contribution in [1.82, 2.24) is 0 Å². The molecular weight excluding hydrogens is 236 g/mol. The number of hydrogen-bond donors (Lipinski definition) is 0. The van der Waals surface area contributed by atoms with E-state index >= 15 is 0 Å². The molecule has 2 aromatic carbocycles. The fraction of sp³-hybridized carbons (Fsp3) is 0.294. The van der Waals surface area contributed by atoms with Crippen molar-refractivity contribution in [3.8, 4) is 5.75 Å². The summed E-state index contributed by atoms with van der Waals surface area (Å²) >= 11 is 0. The van der Waals surface area contributed by atoms with Gasteiger partial charge in [0.05, 0.1) is 13.2 Å². The van der Waals surface area contributed by atoms with Crippen LogP contribution in [0.15, 0.2) is 54.6 Å². The van der Waals surface area contributed by atoms with Crippen molar-refractivity contribution in [2.75, 3.05) is 13.2 Å². The largest absolute Gasteiger partial charge is 0.488 e. The van der Waals surface area contributed by atoms with Crippen LogP contribution in [0.4, 0.5) is 0 Å². The average molecular weight is 254 g/mol. The summed E-state index contributed by atoms with van der Waals surface area (Å²) in [6, 6.07) is 18.9. The molecule has 0 bridgehead atoms. The Balaban J connectivity index is 1.62. The molecule has 1 atom stereocenters. The van der Waals surface area contributed by atoms with E-state index in [2.05, 4.69) is 48.5 Å². The standard InChI is InChI=1S/C17H18O2/c1-2-4-14(5-3-1)12-15-6-8-16(9-7-15)19-17-10-11-18-13-17/h1-9,17H,10-13H2/t17-/m1/s1. The quantitative estimate of drug-likeness (QED) is 0.832. The molecule has 0 N–H and O–H groups in total. The molecule has 2 aromatic rings. The van der Waals surface area contributed by atoms with Gasteiger partial charge in [-0.1, -0.05) is 42.5 Å². The van der Waals surface area contributed by atoms with Crippen LogP contribution in [0.3, 0.4) is 0 Å². The van der Waals surface area contributed by atoms with Crippen molar-refractivity contribution in [2.24, 2.45) is 0 Å². The summed E-state index contributed by atoms with van der Waals surface area (Å²) in [7, 11) is 0. The first kappa shape index (κ1) is 12.2. The van der Waals surface area contributed by atoms with E-state index < -0.39 is 0 Å². The molecule has 1 aliphatic heterocycles. The first-order valence-electron chi connectivity index (χ1n) is 6.77. The fourth-order valence-corrected chi connectivity index (χ4v) is 2.32. The van der Waals surface area contributed by atoms with E-state index in [4.69, 9.17) is 9.47 Å². The highest BCUT2D eigenvalue weighted by atomic mass is 16.5. The Hall–Kier alpha value is -1.80. The van der Waals surface area contributed by atoms with Crippen LogP contribution in [0.1, 0.15) is 17.5 Å². The van der Waals surface area contributed by atoms with Crippen molar-refractivity contribution >= 4 is 0 Å². The summed E-state index contributed by atoms with van der Waals surface area (Å²) in [5.41, 5.74) is 2.64. The minimum atomic E-state index is 0.222. The van der Waals surface area contributed by atoms with Crippen LogP contribution in [0.2, 0.25) is 0 Å². The molecule has 2 heteroatoms. The van der Waals surface area contributed by atoms with E-state index in [-0.39, 0.29) is 6.10 Å². The second kappa shape index (κ2) is 5.89. The van der Waals surface area contributed by atoms with E-state index in [1.165, 1.54) is 11.1 Å². The highest BCUT2D eigenvalue weighted by molar-refractivity contribution is 5.31. The van der Waals surface area contributed by atoms with Gasteiger partial charge >= 0.3 is 0 Å². The van der Waals surface area contributed by atoms with Gasteiger partial charge in [-0.3, -0.25) is 0 Å². The Labute approximate surface area is 114 Å². The zero-order valence-electron chi connectivity index (χ0n) is 10.9. The van der Waals surface area contributed by atoms with Gasteiger partial charge in [-0.25, -0.2) is 0 Å². The van der Waals surface area contributed by atoms with E-state index in [0.29, 0.717) is 6.61 Å². The number of benzene rings is 2. The third kappa shape index (κ3) is 3.36. The topological polar surface area (TPSA) is 18.5 Å². The second-order valence-electron chi connectivity index (χ2n) is 4.91. The highest BCUT2D eigenvalue weighted by Gasteiger charge is 2.16. The predicted octanol–water partition coefficient (Wildman–Crippen LogP) is 3.45. The van der Waals surface area contributed by atoms with Gasteiger partial charge in [-0.05, 0) is 29.7 Å². The highest BCUT2D eigenvalue weighted by Crippen LogP contribution is 2.19. The predicted molar refractivity (Wildman–Crippen MR) is 75.5 cm³/mol. The summed E-state index contributed by atoms with van der Waals surface area (Å²) < 4.78 is 11.2.